The van der Waals surface area contributed by atoms with Crippen molar-refractivity contribution >= 4 is 32.7 Å². The van der Waals surface area contributed by atoms with E-state index in [0.717, 1.165) is 33.7 Å². The molecule has 0 atom stereocenters. The highest BCUT2D eigenvalue weighted by Gasteiger charge is 2.17. The number of nitrogens with zero attached hydrogens (tertiary/aromatic N) is 4. The molecule has 96 valence electrons. The van der Waals surface area contributed by atoms with Crippen LogP contribution in [0.4, 0.5) is 0 Å². The molecular formula is C13H12BrN5. The van der Waals surface area contributed by atoms with Crippen molar-refractivity contribution in [2.24, 2.45) is 7.05 Å². The van der Waals surface area contributed by atoms with Crippen LogP contribution in [0, 0.1) is 11.3 Å². The Balaban J connectivity index is 2.42. The lowest BCUT2D eigenvalue weighted by Gasteiger charge is -2.01. The largest absolute Gasteiger partial charge is 0.315 e. The number of nitriles is 1. The van der Waals surface area contributed by atoms with Gasteiger partial charge in [-0.3, -0.25) is 4.40 Å². The molecule has 0 fully saturated rings. The van der Waals surface area contributed by atoms with E-state index in [4.69, 9.17) is 5.26 Å². The summed E-state index contributed by atoms with van der Waals surface area (Å²) in [6.45, 7) is 0.750. The van der Waals surface area contributed by atoms with Gasteiger partial charge in [0, 0.05) is 13.6 Å². The third-order valence-corrected chi connectivity index (χ3v) is 4.06. The highest BCUT2D eigenvalue weighted by molar-refractivity contribution is 9.10. The van der Waals surface area contributed by atoms with Gasteiger partial charge in [0.15, 0.2) is 0 Å². The van der Waals surface area contributed by atoms with Gasteiger partial charge in [0.25, 0.3) is 0 Å². The van der Waals surface area contributed by atoms with Crippen LogP contribution in [0.2, 0.25) is 0 Å². The van der Waals surface area contributed by atoms with Gasteiger partial charge >= 0.3 is 0 Å². The van der Waals surface area contributed by atoms with Crippen LogP contribution in [-0.4, -0.2) is 21.0 Å². The maximum absolute atomic E-state index is 9.01. The number of aryl methyl sites for hydroxylation is 1. The fourth-order valence-corrected chi connectivity index (χ4v) is 3.05. The van der Waals surface area contributed by atoms with Gasteiger partial charge in [-0.25, -0.2) is 4.98 Å². The number of hydrogen-bond donors (Lipinski definition) is 1. The zero-order valence-electron chi connectivity index (χ0n) is 10.6. The fourth-order valence-electron chi connectivity index (χ4n) is 2.30. The van der Waals surface area contributed by atoms with Gasteiger partial charge in [0.05, 0.1) is 28.4 Å². The molecule has 0 spiro atoms. The van der Waals surface area contributed by atoms with Crippen molar-refractivity contribution in [1.82, 2.24) is 19.3 Å². The van der Waals surface area contributed by atoms with E-state index in [-0.39, 0.29) is 0 Å². The monoisotopic (exact) mass is 317 g/mol. The fraction of sp³-hybridized carbons (Fsp3) is 0.231. The SMILES string of the molecule is CNCc1c(Br)n2c3cc(C#N)ccc3nc2n1C. The van der Waals surface area contributed by atoms with Crippen molar-refractivity contribution in [3.63, 3.8) is 0 Å². The Morgan fingerprint density at radius 1 is 1.47 bits per heavy atom. The van der Waals surface area contributed by atoms with Crippen LogP contribution in [0.5, 0.6) is 0 Å². The summed E-state index contributed by atoms with van der Waals surface area (Å²) < 4.78 is 5.05. The number of hydrogen-bond acceptors (Lipinski definition) is 3. The highest BCUT2D eigenvalue weighted by atomic mass is 79.9. The summed E-state index contributed by atoms with van der Waals surface area (Å²) in [4.78, 5) is 4.61. The first-order valence-electron chi connectivity index (χ1n) is 5.87. The summed E-state index contributed by atoms with van der Waals surface area (Å²) >= 11 is 3.63. The number of nitrogens with one attached hydrogen (secondary N) is 1. The van der Waals surface area contributed by atoms with Crippen molar-refractivity contribution in [2.75, 3.05) is 7.05 Å². The summed E-state index contributed by atoms with van der Waals surface area (Å²) in [5.74, 6) is 0.863. The Kier molecular flexibility index (Phi) is 2.81. The van der Waals surface area contributed by atoms with Crippen LogP contribution in [0.3, 0.4) is 0 Å². The van der Waals surface area contributed by atoms with Gasteiger partial charge in [-0.15, -0.1) is 0 Å². The van der Waals surface area contributed by atoms with Crippen LogP contribution in [0.1, 0.15) is 11.3 Å². The van der Waals surface area contributed by atoms with Gasteiger partial charge in [-0.05, 0) is 41.2 Å². The van der Waals surface area contributed by atoms with E-state index in [9.17, 15) is 0 Å². The molecule has 1 N–H and O–H groups in total. The minimum Gasteiger partial charge on any atom is -0.315 e. The standard InChI is InChI=1S/C13H12BrN5/c1-16-7-11-12(14)19-10-5-8(6-15)3-4-9(10)17-13(19)18(11)2/h3-5,16H,7H2,1-2H3. The third-order valence-electron chi connectivity index (χ3n) is 3.25. The molecule has 0 amide bonds. The van der Waals surface area contributed by atoms with E-state index < -0.39 is 0 Å². The summed E-state index contributed by atoms with van der Waals surface area (Å²) in [5.41, 5.74) is 3.59. The lowest BCUT2D eigenvalue weighted by molar-refractivity contribution is 0.738. The van der Waals surface area contributed by atoms with Crippen molar-refractivity contribution in [3.8, 4) is 6.07 Å². The molecule has 2 heterocycles. The van der Waals surface area contributed by atoms with E-state index in [1.54, 1.807) is 6.07 Å². The molecule has 0 aliphatic carbocycles. The van der Waals surface area contributed by atoms with Crippen molar-refractivity contribution < 1.29 is 0 Å². The number of halogens is 1. The van der Waals surface area contributed by atoms with E-state index in [0.29, 0.717) is 5.56 Å². The van der Waals surface area contributed by atoms with Gasteiger partial charge in [0.1, 0.15) is 4.60 Å². The van der Waals surface area contributed by atoms with Gasteiger partial charge in [0.2, 0.25) is 5.78 Å². The molecule has 3 aromatic rings. The molecule has 0 saturated heterocycles. The summed E-state index contributed by atoms with van der Waals surface area (Å²) in [6, 6.07) is 7.70. The molecule has 0 radical (unpaired) electrons. The third kappa shape index (κ3) is 1.66. The lowest BCUT2D eigenvalue weighted by Crippen LogP contribution is -2.09. The first kappa shape index (κ1) is 12.2. The van der Waals surface area contributed by atoms with Crippen LogP contribution < -0.4 is 5.32 Å². The molecule has 19 heavy (non-hydrogen) atoms. The molecule has 0 bridgehead atoms. The molecule has 0 saturated carbocycles. The zero-order valence-corrected chi connectivity index (χ0v) is 12.2. The Labute approximate surface area is 118 Å². The normalized spacial score (nSPS) is 11.3. The van der Waals surface area contributed by atoms with Crippen LogP contribution >= 0.6 is 15.9 Å². The number of fused-ring (bicyclic) bond motifs is 3. The predicted molar refractivity (Wildman–Crippen MR) is 76.8 cm³/mol. The first-order chi connectivity index (χ1) is 9.17. The summed E-state index contributed by atoms with van der Waals surface area (Å²) in [6.07, 6.45) is 0. The van der Waals surface area contributed by atoms with E-state index in [1.807, 2.05) is 35.2 Å². The Bertz CT molecular complexity index is 821. The molecule has 6 heteroatoms. The van der Waals surface area contributed by atoms with Gasteiger partial charge < -0.3 is 9.88 Å². The minimum absolute atomic E-state index is 0.639. The molecule has 1 aromatic carbocycles. The van der Waals surface area contributed by atoms with E-state index in [1.165, 1.54) is 0 Å². The molecule has 0 aliphatic heterocycles. The predicted octanol–water partition coefficient (Wildman–Crippen LogP) is 2.18. The average molecular weight is 318 g/mol. The molecule has 3 rings (SSSR count). The van der Waals surface area contributed by atoms with E-state index in [2.05, 4.69) is 32.3 Å². The second-order valence-electron chi connectivity index (χ2n) is 4.39. The molecule has 0 unspecified atom stereocenters. The van der Waals surface area contributed by atoms with Crippen LogP contribution in [-0.2, 0) is 13.6 Å². The van der Waals surface area contributed by atoms with Crippen molar-refractivity contribution in [2.45, 2.75) is 6.54 Å². The van der Waals surface area contributed by atoms with Gasteiger partial charge in [-0.2, -0.15) is 5.26 Å². The van der Waals surface area contributed by atoms with E-state index >= 15 is 0 Å². The maximum Gasteiger partial charge on any atom is 0.215 e. The Morgan fingerprint density at radius 2 is 2.26 bits per heavy atom. The average Bonchev–Trinajstić information content (AvgIpc) is 2.90. The minimum atomic E-state index is 0.639. The van der Waals surface area contributed by atoms with Crippen LogP contribution in [0.25, 0.3) is 16.8 Å². The maximum atomic E-state index is 9.01. The highest BCUT2D eigenvalue weighted by Crippen LogP contribution is 2.27. The van der Waals surface area contributed by atoms with Crippen molar-refractivity contribution in [1.29, 1.82) is 5.26 Å². The lowest BCUT2D eigenvalue weighted by atomic mass is 10.2. The topological polar surface area (TPSA) is 58.0 Å². The quantitative estimate of drug-likeness (QED) is 0.788. The van der Waals surface area contributed by atoms with Crippen LogP contribution in [0.15, 0.2) is 22.8 Å². The number of imidazole rings is 2. The smallest absolute Gasteiger partial charge is 0.215 e. The first-order valence-corrected chi connectivity index (χ1v) is 6.66. The summed E-state index contributed by atoms with van der Waals surface area (Å²) in [7, 11) is 3.90. The van der Waals surface area contributed by atoms with Gasteiger partial charge in [-0.1, -0.05) is 0 Å². The Morgan fingerprint density at radius 3 is 2.95 bits per heavy atom. The molecule has 0 aliphatic rings. The summed E-state index contributed by atoms with van der Waals surface area (Å²) in [5, 5.41) is 12.2. The Hall–Kier alpha value is -1.84. The van der Waals surface area contributed by atoms with Crippen molar-refractivity contribution in [3.05, 3.63) is 34.1 Å². The second kappa shape index (κ2) is 4.37. The second-order valence-corrected chi connectivity index (χ2v) is 5.14. The zero-order chi connectivity index (χ0) is 13.6. The number of rotatable bonds is 2. The number of benzene rings is 1. The molecular weight excluding hydrogens is 306 g/mol. The molecule has 2 aromatic heterocycles. The number of aromatic nitrogens is 3. The molecule has 5 nitrogen and oxygen atoms in total.